The first-order valence-electron chi connectivity index (χ1n) is 10.9. The number of aryl methyl sites for hydroxylation is 1. The van der Waals surface area contributed by atoms with Gasteiger partial charge in [-0.25, -0.2) is 0 Å². The number of ether oxygens (including phenoxy) is 2. The van der Waals surface area contributed by atoms with Crippen molar-refractivity contribution < 1.29 is 29.6 Å². The van der Waals surface area contributed by atoms with E-state index in [4.69, 9.17) is 9.47 Å². The summed E-state index contributed by atoms with van der Waals surface area (Å²) in [5, 5.41) is 31.2. The number of allylic oxidation sites excluding steroid dienone is 3. The monoisotopic (exact) mass is 454 g/mol. The molecule has 6 heteroatoms. The maximum atomic E-state index is 13.1. The number of hydrogen-bond acceptors (Lipinski definition) is 6. The van der Waals surface area contributed by atoms with Gasteiger partial charge < -0.3 is 24.8 Å². The molecular weight excluding hydrogens is 420 g/mol. The number of Topliss-reactive ketones (excluding diaryl/α,β-unsaturated/α-hetero) is 1. The zero-order chi connectivity index (χ0) is 24.7. The van der Waals surface area contributed by atoms with E-state index in [1.165, 1.54) is 38.0 Å². The Bertz CT molecular complexity index is 1050. The minimum Gasteiger partial charge on any atom is -0.508 e. The number of methoxy groups -OCH3 is 2. The molecule has 3 N–H and O–H groups in total. The molecular formula is C27H34O6. The summed E-state index contributed by atoms with van der Waals surface area (Å²) in [4.78, 5) is 13.1. The van der Waals surface area contributed by atoms with Gasteiger partial charge in [-0.1, -0.05) is 29.9 Å². The van der Waals surface area contributed by atoms with Crippen molar-refractivity contribution in [2.45, 2.75) is 46.5 Å². The zero-order valence-corrected chi connectivity index (χ0v) is 20.1. The van der Waals surface area contributed by atoms with Crippen LogP contribution < -0.4 is 9.47 Å². The third-order valence-electron chi connectivity index (χ3n) is 5.69. The molecule has 33 heavy (non-hydrogen) atoms. The fourth-order valence-corrected chi connectivity index (χ4v) is 3.70. The van der Waals surface area contributed by atoms with Gasteiger partial charge in [0.25, 0.3) is 0 Å². The van der Waals surface area contributed by atoms with Gasteiger partial charge in [-0.2, -0.15) is 0 Å². The first-order chi connectivity index (χ1) is 15.6. The van der Waals surface area contributed by atoms with Crippen molar-refractivity contribution in [3.05, 3.63) is 64.8 Å². The van der Waals surface area contributed by atoms with E-state index in [1.807, 2.05) is 20.8 Å². The van der Waals surface area contributed by atoms with Crippen molar-refractivity contribution in [1.29, 1.82) is 0 Å². The highest BCUT2D eigenvalue weighted by Gasteiger charge is 2.25. The first kappa shape index (κ1) is 25.8. The van der Waals surface area contributed by atoms with Crippen LogP contribution in [0.15, 0.2) is 48.1 Å². The molecule has 1 unspecified atom stereocenters. The molecule has 0 amide bonds. The number of phenols is 3. The van der Waals surface area contributed by atoms with Crippen LogP contribution >= 0.6 is 0 Å². The van der Waals surface area contributed by atoms with Gasteiger partial charge in [0.2, 0.25) is 0 Å². The molecule has 2 rings (SSSR count). The highest BCUT2D eigenvalue weighted by atomic mass is 16.5. The number of phenolic OH excluding ortho intramolecular Hbond substituents is 3. The lowest BCUT2D eigenvalue weighted by atomic mass is 9.87. The average Bonchev–Trinajstić information content (AvgIpc) is 2.76. The lowest BCUT2D eigenvalue weighted by molar-refractivity contribution is 0.0976. The predicted octanol–water partition coefficient (Wildman–Crippen LogP) is 5.73. The quantitative estimate of drug-likeness (QED) is 0.296. The van der Waals surface area contributed by atoms with E-state index < -0.39 is 0 Å². The normalized spacial score (nSPS) is 11.5. The predicted molar refractivity (Wildman–Crippen MR) is 130 cm³/mol. The van der Waals surface area contributed by atoms with Gasteiger partial charge >= 0.3 is 0 Å². The summed E-state index contributed by atoms with van der Waals surface area (Å²) in [6, 6.07) is 6.09. The molecule has 178 valence electrons. The lowest BCUT2D eigenvalue weighted by Crippen LogP contribution is -2.10. The van der Waals surface area contributed by atoms with Crippen molar-refractivity contribution in [1.82, 2.24) is 0 Å². The highest BCUT2D eigenvalue weighted by molar-refractivity contribution is 6.02. The molecule has 0 aliphatic heterocycles. The molecule has 1 atom stereocenters. The van der Waals surface area contributed by atoms with E-state index in [2.05, 4.69) is 12.7 Å². The molecule has 6 nitrogen and oxygen atoms in total. The number of benzene rings is 2. The van der Waals surface area contributed by atoms with Crippen molar-refractivity contribution in [3.63, 3.8) is 0 Å². The van der Waals surface area contributed by atoms with Gasteiger partial charge in [-0.05, 0) is 57.6 Å². The van der Waals surface area contributed by atoms with E-state index in [1.54, 1.807) is 6.07 Å². The van der Waals surface area contributed by atoms with Crippen LogP contribution in [0.1, 0.15) is 55.1 Å². The molecule has 0 aliphatic rings. The van der Waals surface area contributed by atoms with Crippen molar-refractivity contribution >= 4 is 5.78 Å². The molecule has 0 fully saturated rings. The van der Waals surface area contributed by atoms with Crippen molar-refractivity contribution in [2.75, 3.05) is 14.2 Å². The fourth-order valence-electron chi connectivity index (χ4n) is 3.70. The van der Waals surface area contributed by atoms with E-state index >= 15 is 0 Å². The summed E-state index contributed by atoms with van der Waals surface area (Å²) >= 11 is 0. The second-order valence-electron chi connectivity index (χ2n) is 8.48. The Morgan fingerprint density at radius 1 is 1.06 bits per heavy atom. The summed E-state index contributed by atoms with van der Waals surface area (Å²) in [6.45, 7) is 9.99. The van der Waals surface area contributed by atoms with Gasteiger partial charge in [-0.15, -0.1) is 0 Å². The molecule has 0 radical (unpaired) electrons. The minimum absolute atomic E-state index is 0.00527. The van der Waals surface area contributed by atoms with Crippen LogP contribution in [0, 0.1) is 5.92 Å². The minimum atomic E-state index is -0.322. The molecule has 2 aromatic rings. The van der Waals surface area contributed by atoms with Crippen LogP contribution in [0.2, 0.25) is 0 Å². The number of carbonyl (C=O) groups is 1. The van der Waals surface area contributed by atoms with Crippen molar-refractivity contribution in [2.24, 2.45) is 5.92 Å². The molecule has 2 aromatic carbocycles. The molecule has 0 bridgehead atoms. The molecule has 0 aromatic heterocycles. The molecule has 0 saturated carbocycles. The smallest absolute Gasteiger partial charge is 0.170 e. The van der Waals surface area contributed by atoms with E-state index in [-0.39, 0.29) is 46.7 Å². The fraction of sp³-hybridized carbons (Fsp3) is 0.370. The lowest BCUT2D eigenvalue weighted by Gasteiger charge is -2.20. The Balaban J connectivity index is 2.37. The Morgan fingerprint density at radius 3 is 2.30 bits per heavy atom. The number of rotatable bonds is 11. The molecule has 0 spiro atoms. The molecule has 0 heterocycles. The zero-order valence-electron chi connectivity index (χ0n) is 20.1. The topological polar surface area (TPSA) is 96.2 Å². The summed E-state index contributed by atoms with van der Waals surface area (Å²) in [7, 11) is 2.88. The maximum Gasteiger partial charge on any atom is 0.170 e. The average molecular weight is 455 g/mol. The standard InChI is InChI=1S/C27H34O6/c1-16(2)7-8-19(17(3)4)13-21-23(30)15-25(33-6)26(27(21)31)22(29)12-10-18-9-11-20(28)14-24(18)32-5/h7,9,11,14-15,19,28,30-31H,3,8,10,12-13H2,1-2,4-6H3. The Labute approximate surface area is 195 Å². The van der Waals surface area contributed by atoms with Gasteiger partial charge in [0.15, 0.2) is 5.78 Å². The summed E-state index contributed by atoms with van der Waals surface area (Å²) < 4.78 is 10.6. The largest absolute Gasteiger partial charge is 0.508 e. The van der Waals surface area contributed by atoms with Gasteiger partial charge in [0, 0.05) is 24.1 Å². The van der Waals surface area contributed by atoms with Crippen LogP contribution in [-0.4, -0.2) is 35.3 Å². The number of hydrogen-bond donors (Lipinski definition) is 3. The van der Waals surface area contributed by atoms with Crippen LogP contribution in [0.25, 0.3) is 0 Å². The highest BCUT2D eigenvalue weighted by Crippen LogP contribution is 2.41. The van der Waals surface area contributed by atoms with E-state index in [0.29, 0.717) is 30.6 Å². The van der Waals surface area contributed by atoms with E-state index in [9.17, 15) is 20.1 Å². The summed E-state index contributed by atoms with van der Waals surface area (Å²) in [5.41, 5.74) is 3.20. The van der Waals surface area contributed by atoms with Crippen LogP contribution in [-0.2, 0) is 12.8 Å². The second-order valence-corrected chi connectivity index (χ2v) is 8.48. The van der Waals surface area contributed by atoms with Gasteiger partial charge in [-0.3, -0.25) is 4.79 Å². The third-order valence-corrected chi connectivity index (χ3v) is 5.69. The Hall–Kier alpha value is -3.41. The number of carbonyl (C=O) groups excluding carboxylic acids is 1. The number of aromatic hydroxyl groups is 3. The van der Waals surface area contributed by atoms with Gasteiger partial charge in [0.1, 0.15) is 34.3 Å². The first-order valence-corrected chi connectivity index (χ1v) is 10.9. The van der Waals surface area contributed by atoms with Crippen LogP contribution in [0.5, 0.6) is 28.7 Å². The van der Waals surface area contributed by atoms with Crippen molar-refractivity contribution in [3.8, 4) is 28.7 Å². The Kier molecular flexibility index (Phi) is 8.97. The number of ketones is 1. The Morgan fingerprint density at radius 2 is 1.73 bits per heavy atom. The molecule has 0 aliphatic carbocycles. The van der Waals surface area contributed by atoms with Gasteiger partial charge in [0.05, 0.1) is 14.2 Å². The summed E-state index contributed by atoms with van der Waals surface area (Å²) in [6.07, 6.45) is 3.57. The SMILES string of the molecule is C=C(C)C(CC=C(C)C)Cc1c(O)cc(OC)c(C(=O)CCc2ccc(O)cc2OC)c1O. The van der Waals surface area contributed by atoms with Crippen LogP contribution in [0.4, 0.5) is 0 Å². The summed E-state index contributed by atoms with van der Waals surface area (Å²) in [5.74, 6) is -0.0418. The third kappa shape index (κ3) is 6.54. The second kappa shape index (κ2) is 11.5. The molecule has 0 saturated heterocycles. The van der Waals surface area contributed by atoms with Crippen LogP contribution in [0.3, 0.4) is 0 Å². The maximum absolute atomic E-state index is 13.1. The van der Waals surface area contributed by atoms with E-state index in [0.717, 1.165) is 11.1 Å².